The second-order valence-corrected chi connectivity index (χ2v) is 6.07. The second-order valence-electron chi connectivity index (χ2n) is 5.02. The van der Waals surface area contributed by atoms with E-state index in [1.165, 1.54) is 22.9 Å². The molecule has 3 N–H and O–H groups in total. The van der Waals surface area contributed by atoms with Crippen LogP contribution >= 0.6 is 11.8 Å². The predicted molar refractivity (Wildman–Crippen MR) is 90.6 cm³/mol. The summed E-state index contributed by atoms with van der Waals surface area (Å²) in [6, 6.07) is 12.3. The summed E-state index contributed by atoms with van der Waals surface area (Å²) in [6.07, 6.45) is 0. The number of nitrogens with one attached hydrogen (secondary N) is 1. The van der Waals surface area contributed by atoms with E-state index in [4.69, 9.17) is 5.73 Å². The number of hydrogen-bond donors (Lipinski definition) is 2. The van der Waals surface area contributed by atoms with E-state index in [1.807, 2.05) is 6.07 Å². The number of ketones is 1. The third-order valence-corrected chi connectivity index (χ3v) is 4.32. The van der Waals surface area contributed by atoms with Crippen molar-refractivity contribution in [2.45, 2.75) is 18.7 Å². The number of thioether (sulfide) groups is 1. The van der Waals surface area contributed by atoms with Crippen LogP contribution in [0.1, 0.15) is 21.5 Å². The first-order valence-electron chi connectivity index (χ1n) is 6.85. The average molecular weight is 314 g/mol. The zero-order valence-electron chi connectivity index (χ0n) is 12.6. The second kappa shape index (κ2) is 7.13. The molecule has 0 spiro atoms. The van der Waals surface area contributed by atoms with Crippen LogP contribution in [0.5, 0.6) is 0 Å². The quantitative estimate of drug-likeness (QED) is 0.652. The van der Waals surface area contributed by atoms with Crippen molar-refractivity contribution in [3.05, 3.63) is 59.2 Å². The van der Waals surface area contributed by atoms with Gasteiger partial charge in [-0.3, -0.25) is 4.79 Å². The van der Waals surface area contributed by atoms with Crippen molar-refractivity contribution in [3.63, 3.8) is 0 Å². The molecule has 2 aromatic rings. The van der Waals surface area contributed by atoms with Gasteiger partial charge in [0, 0.05) is 16.1 Å². The molecule has 22 heavy (non-hydrogen) atoms. The average Bonchev–Trinajstić information content (AvgIpc) is 2.48. The van der Waals surface area contributed by atoms with Gasteiger partial charge in [0.1, 0.15) is 0 Å². The number of benzene rings is 2. The van der Waals surface area contributed by atoms with Crippen LogP contribution in [0.4, 0.5) is 10.5 Å². The van der Waals surface area contributed by atoms with Crippen LogP contribution in [0.25, 0.3) is 0 Å². The summed E-state index contributed by atoms with van der Waals surface area (Å²) < 4.78 is 0. The summed E-state index contributed by atoms with van der Waals surface area (Å²) >= 11 is 1.52. The molecule has 4 nitrogen and oxygen atoms in total. The van der Waals surface area contributed by atoms with Crippen LogP contribution in [0.3, 0.4) is 0 Å². The Labute approximate surface area is 134 Å². The molecule has 2 amide bonds. The Morgan fingerprint density at radius 2 is 1.73 bits per heavy atom. The number of carbonyl (C=O) groups is 2. The van der Waals surface area contributed by atoms with Crippen LogP contribution in [-0.4, -0.2) is 17.6 Å². The summed E-state index contributed by atoms with van der Waals surface area (Å²) in [6.45, 7) is 4.13. The van der Waals surface area contributed by atoms with Crippen LogP contribution in [0.2, 0.25) is 0 Å². The van der Waals surface area contributed by atoms with E-state index in [1.54, 1.807) is 24.3 Å². The molecular weight excluding hydrogens is 296 g/mol. The van der Waals surface area contributed by atoms with E-state index in [0.717, 1.165) is 4.90 Å². The Hall–Kier alpha value is -2.27. The normalized spacial score (nSPS) is 10.3. The van der Waals surface area contributed by atoms with Crippen molar-refractivity contribution in [3.8, 4) is 0 Å². The van der Waals surface area contributed by atoms with Gasteiger partial charge in [-0.1, -0.05) is 6.07 Å². The maximum Gasteiger partial charge on any atom is 0.316 e. The highest BCUT2D eigenvalue weighted by atomic mass is 32.2. The summed E-state index contributed by atoms with van der Waals surface area (Å²) in [5.74, 6) is 0.430. The molecule has 0 saturated heterocycles. The van der Waals surface area contributed by atoms with Crippen LogP contribution in [0.15, 0.2) is 47.4 Å². The molecule has 0 unspecified atom stereocenters. The summed E-state index contributed by atoms with van der Waals surface area (Å²) in [4.78, 5) is 24.0. The number of Topliss-reactive ketones (excluding diaryl/α,β-unsaturated/α-hetero) is 1. The molecule has 0 saturated carbocycles. The van der Waals surface area contributed by atoms with Crippen LogP contribution in [-0.2, 0) is 0 Å². The molecule has 0 aliphatic carbocycles. The lowest BCUT2D eigenvalue weighted by molar-refractivity contribution is 0.102. The SMILES string of the molecule is Cc1ccc(SCC(=O)c2ccc(NC(N)=O)cc2)cc1C. The Morgan fingerprint density at radius 3 is 2.32 bits per heavy atom. The molecule has 2 rings (SSSR count). The molecule has 0 bridgehead atoms. The molecule has 0 aliphatic heterocycles. The summed E-state index contributed by atoms with van der Waals surface area (Å²) in [5, 5.41) is 2.46. The molecule has 5 heteroatoms. The highest BCUT2D eigenvalue weighted by Crippen LogP contribution is 2.22. The first-order valence-corrected chi connectivity index (χ1v) is 7.84. The number of hydrogen-bond acceptors (Lipinski definition) is 3. The largest absolute Gasteiger partial charge is 0.351 e. The fourth-order valence-electron chi connectivity index (χ4n) is 1.92. The van der Waals surface area contributed by atoms with E-state index in [2.05, 4.69) is 31.3 Å². The van der Waals surface area contributed by atoms with Gasteiger partial charge in [0.25, 0.3) is 0 Å². The topological polar surface area (TPSA) is 72.2 Å². The van der Waals surface area contributed by atoms with Crippen molar-refractivity contribution in [1.29, 1.82) is 0 Å². The first kappa shape index (κ1) is 16.1. The van der Waals surface area contributed by atoms with Crippen molar-refractivity contribution in [2.75, 3.05) is 11.1 Å². The van der Waals surface area contributed by atoms with Gasteiger partial charge >= 0.3 is 6.03 Å². The van der Waals surface area contributed by atoms with Crippen molar-refractivity contribution in [2.24, 2.45) is 5.73 Å². The molecule has 0 radical (unpaired) electrons. The highest BCUT2D eigenvalue weighted by molar-refractivity contribution is 8.00. The Kier molecular flexibility index (Phi) is 5.22. The van der Waals surface area contributed by atoms with Crippen LogP contribution < -0.4 is 11.1 Å². The number of nitrogens with two attached hydrogens (primary N) is 1. The van der Waals surface area contributed by atoms with Gasteiger partial charge < -0.3 is 11.1 Å². The van der Waals surface area contributed by atoms with Gasteiger partial charge in [-0.15, -0.1) is 11.8 Å². The Bertz CT molecular complexity index is 696. The third-order valence-electron chi connectivity index (χ3n) is 3.32. The number of rotatable bonds is 5. The Morgan fingerprint density at radius 1 is 1.05 bits per heavy atom. The van der Waals surface area contributed by atoms with Crippen molar-refractivity contribution in [1.82, 2.24) is 0 Å². The fraction of sp³-hybridized carbons (Fsp3) is 0.176. The first-order chi connectivity index (χ1) is 10.5. The van der Waals surface area contributed by atoms with E-state index >= 15 is 0 Å². The number of urea groups is 1. The number of amides is 2. The van der Waals surface area contributed by atoms with Crippen molar-refractivity contribution < 1.29 is 9.59 Å². The van der Waals surface area contributed by atoms with E-state index in [-0.39, 0.29) is 5.78 Å². The minimum absolute atomic E-state index is 0.0499. The highest BCUT2D eigenvalue weighted by Gasteiger charge is 2.07. The predicted octanol–water partition coefficient (Wildman–Crippen LogP) is 3.77. The molecule has 0 aliphatic rings. The molecule has 2 aromatic carbocycles. The number of anilines is 1. The van der Waals surface area contributed by atoms with Gasteiger partial charge in [-0.25, -0.2) is 4.79 Å². The van der Waals surface area contributed by atoms with E-state index in [9.17, 15) is 9.59 Å². The van der Waals surface area contributed by atoms with E-state index in [0.29, 0.717) is 17.0 Å². The van der Waals surface area contributed by atoms with Gasteiger partial charge in [-0.2, -0.15) is 0 Å². The maximum absolute atomic E-state index is 12.2. The molecule has 0 fully saturated rings. The maximum atomic E-state index is 12.2. The van der Waals surface area contributed by atoms with Gasteiger partial charge in [-0.05, 0) is 61.4 Å². The molecule has 0 heterocycles. The smallest absolute Gasteiger partial charge is 0.316 e. The summed E-state index contributed by atoms with van der Waals surface area (Å²) in [5.41, 5.74) is 8.69. The third kappa shape index (κ3) is 4.36. The molecule has 0 aromatic heterocycles. The lowest BCUT2D eigenvalue weighted by Crippen LogP contribution is -2.19. The van der Waals surface area contributed by atoms with Crippen molar-refractivity contribution >= 4 is 29.3 Å². The number of aryl methyl sites for hydroxylation is 2. The van der Waals surface area contributed by atoms with E-state index < -0.39 is 6.03 Å². The molecular formula is C17H18N2O2S. The fourth-order valence-corrected chi connectivity index (χ4v) is 2.81. The monoisotopic (exact) mass is 314 g/mol. The Balaban J connectivity index is 1.96. The van der Waals surface area contributed by atoms with Gasteiger partial charge in [0.15, 0.2) is 5.78 Å². The van der Waals surface area contributed by atoms with Crippen LogP contribution in [0, 0.1) is 13.8 Å². The zero-order valence-corrected chi connectivity index (χ0v) is 13.4. The lowest BCUT2D eigenvalue weighted by Gasteiger charge is -2.06. The zero-order chi connectivity index (χ0) is 16.1. The van der Waals surface area contributed by atoms with Gasteiger partial charge in [0.2, 0.25) is 0 Å². The molecule has 114 valence electrons. The number of carbonyl (C=O) groups excluding carboxylic acids is 2. The summed E-state index contributed by atoms with van der Waals surface area (Å²) in [7, 11) is 0. The standard InChI is InChI=1S/C17H18N2O2S/c1-11-3-8-15(9-12(11)2)22-10-16(20)13-4-6-14(7-5-13)19-17(18)21/h3-9H,10H2,1-2H3,(H3,18,19,21). The minimum Gasteiger partial charge on any atom is -0.351 e. The van der Waals surface area contributed by atoms with Gasteiger partial charge in [0.05, 0.1) is 5.75 Å². The molecule has 0 atom stereocenters. The lowest BCUT2D eigenvalue weighted by atomic mass is 10.1. The minimum atomic E-state index is -0.621. The number of primary amides is 1.